The number of benzene rings is 3. The van der Waals surface area contributed by atoms with E-state index in [0.29, 0.717) is 23.8 Å². The topological polar surface area (TPSA) is 44.8 Å². The summed E-state index contributed by atoms with van der Waals surface area (Å²) in [5, 5.41) is 0.579. The molecule has 0 aromatic heterocycles. The molecule has 3 aromatic carbocycles. The number of fused-ring (bicyclic) bond motifs is 3. The van der Waals surface area contributed by atoms with Crippen LogP contribution in [0.4, 0.5) is 0 Å². The summed E-state index contributed by atoms with van der Waals surface area (Å²) in [4.78, 5) is 12.9. The van der Waals surface area contributed by atoms with Crippen LogP contribution in [0, 0.1) is 5.92 Å². The Morgan fingerprint density at radius 2 is 1.48 bits per heavy atom. The van der Waals surface area contributed by atoms with Crippen molar-refractivity contribution < 1.29 is 19.0 Å². The number of esters is 1. The molecule has 2 aliphatic rings. The van der Waals surface area contributed by atoms with Crippen LogP contribution in [0.3, 0.4) is 0 Å². The van der Waals surface area contributed by atoms with Gasteiger partial charge in [-0.3, -0.25) is 0 Å². The van der Waals surface area contributed by atoms with Crippen LogP contribution in [0.15, 0.2) is 72.8 Å². The van der Waals surface area contributed by atoms with Crippen LogP contribution in [-0.2, 0) is 24.8 Å². The second kappa shape index (κ2) is 8.12. The highest BCUT2D eigenvalue weighted by molar-refractivity contribution is 6.30. The lowest BCUT2D eigenvalue weighted by Gasteiger charge is -2.40. The van der Waals surface area contributed by atoms with Gasteiger partial charge in [-0.15, -0.1) is 0 Å². The molecule has 0 unspecified atom stereocenters. The number of ether oxygens (including phenoxy) is 3. The Labute approximate surface area is 186 Å². The predicted octanol–water partition coefficient (Wildman–Crippen LogP) is 5.53. The molecule has 0 radical (unpaired) electrons. The Hall–Kier alpha value is -2.66. The van der Waals surface area contributed by atoms with Crippen LogP contribution in [0.1, 0.15) is 29.5 Å². The first-order valence-corrected chi connectivity index (χ1v) is 10.9. The first-order chi connectivity index (χ1) is 15.1. The average molecular weight is 435 g/mol. The lowest BCUT2D eigenvalue weighted by Crippen LogP contribution is -2.49. The standard InChI is InChI=1S/C26H23ClO4/c1-2-29-25(28)26(18-11-13-19(27)14-12-18)30-15-17(16-31-26)24-22-9-5-3-7-20(22)21-8-4-6-10-23(21)24/h3-14,17,24H,2,15-16H2,1H3. The maximum atomic E-state index is 12.9. The molecule has 1 fully saturated rings. The van der Waals surface area contributed by atoms with Gasteiger partial charge in [0.25, 0.3) is 5.79 Å². The van der Waals surface area contributed by atoms with Crippen LogP contribution in [0.25, 0.3) is 11.1 Å². The molecule has 5 rings (SSSR count). The zero-order chi connectivity index (χ0) is 21.4. The van der Waals surface area contributed by atoms with Crippen LogP contribution >= 0.6 is 11.6 Å². The van der Waals surface area contributed by atoms with Crippen LogP contribution in [0.2, 0.25) is 5.02 Å². The van der Waals surface area contributed by atoms with Gasteiger partial charge in [0, 0.05) is 22.4 Å². The molecule has 1 saturated heterocycles. The van der Waals surface area contributed by atoms with Crippen molar-refractivity contribution in [3.05, 3.63) is 94.5 Å². The average Bonchev–Trinajstić information content (AvgIpc) is 3.14. The molecular weight excluding hydrogens is 412 g/mol. The summed E-state index contributed by atoms with van der Waals surface area (Å²) < 4.78 is 17.8. The number of carbonyl (C=O) groups is 1. The van der Waals surface area contributed by atoms with Crippen molar-refractivity contribution in [3.8, 4) is 11.1 Å². The normalized spacial score (nSPS) is 22.6. The van der Waals surface area contributed by atoms with Gasteiger partial charge in [-0.1, -0.05) is 72.3 Å². The number of hydrogen-bond acceptors (Lipinski definition) is 4. The van der Waals surface area contributed by atoms with Gasteiger partial charge in [-0.2, -0.15) is 0 Å². The van der Waals surface area contributed by atoms with Gasteiger partial charge in [-0.25, -0.2) is 4.79 Å². The van der Waals surface area contributed by atoms with Gasteiger partial charge in [0.05, 0.1) is 19.8 Å². The van der Waals surface area contributed by atoms with E-state index in [0.717, 1.165) is 0 Å². The van der Waals surface area contributed by atoms with E-state index in [9.17, 15) is 4.79 Å². The molecule has 1 aliphatic heterocycles. The minimum atomic E-state index is -1.57. The second-order valence-corrected chi connectivity index (χ2v) is 8.31. The Morgan fingerprint density at radius 1 is 0.935 bits per heavy atom. The van der Waals surface area contributed by atoms with Crippen molar-refractivity contribution in [1.29, 1.82) is 0 Å². The van der Waals surface area contributed by atoms with Crippen LogP contribution in [0.5, 0.6) is 0 Å². The van der Waals surface area contributed by atoms with E-state index in [1.807, 2.05) is 0 Å². The summed E-state index contributed by atoms with van der Waals surface area (Å²) >= 11 is 6.04. The number of halogens is 1. The van der Waals surface area contributed by atoms with E-state index in [2.05, 4.69) is 48.5 Å². The summed E-state index contributed by atoms with van der Waals surface area (Å²) in [5.41, 5.74) is 5.64. The van der Waals surface area contributed by atoms with E-state index in [-0.39, 0.29) is 18.4 Å². The lowest BCUT2D eigenvalue weighted by molar-refractivity contribution is -0.290. The van der Waals surface area contributed by atoms with Gasteiger partial charge < -0.3 is 14.2 Å². The van der Waals surface area contributed by atoms with Gasteiger partial charge in [0.1, 0.15) is 0 Å². The Bertz CT molecular complexity index is 1050. The van der Waals surface area contributed by atoms with E-state index in [4.69, 9.17) is 25.8 Å². The molecule has 0 spiro atoms. The molecule has 5 heteroatoms. The number of rotatable bonds is 4. The van der Waals surface area contributed by atoms with Crippen molar-refractivity contribution in [2.24, 2.45) is 5.92 Å². The zero-order valence-corrected chi connectivity index (χ0v) is 18.0. The monoisotopic (exact) mass is 434 g/mol. The maximum absolute atomic E-state index is 12.9. The Kier molecular flexibility index (Phi) is 5.30. The zero-order valence-electron chi connectivity index (χ0n) is 17.2. The highest BCUT2D eigenvalue weighted by Crippen LogP contribution is 2.50. The number of carbonyl (C=O) groups excluding carboxylic acids is 1. The minimum Gasteiger partial charge on any atom is -0.462 e. The van der Waals surface area contributed by atoms with Crippen molar-refractivity contribution in [3.63, 3.8) is 0 Å². The van der Waals surface area contributed by atoms with Crippen molar-refractivity contribution in [2.75, 3.05) is 19.8 Å². The quantitative estimate of drug-likeness (QED) is 0.506. The fraction of sp³-hybridized carbons (Fsp3) is 0.269. The summed E-state index contributed by atoms with van der Waals surface area (Å²) in [5.74, 6) is -1.89. The lowest BCUT2D eigenvalue weighted by atomic mass is 9.84. The third-order valence-corrected chi connectivity index (χ3v) is 6.38. The van der Waals surface area contributed by atoms with Gasteiger partial charge >= 0.3 is 5.97 Å². The predicted molar refractivity (Wildman–Crippen MR) is 119 cm³/mol. The third-order valence-electron chi connectivity index (χ3n) is 6.12. The SMILES string of the molecule is CCOC(=O)C1(c2ccc(Cl)cc2)OCC(C2c3ccccc3-c3ccccc32)CO1. The maximum Gasteiger partial charge on any atom is 0.372 e. The molecular formula is C26H23ClO4. The fourth-order valence-electron chi connectivity index (χ4n) is 4.73. The van der Waals surface area contributed by atoms with Crippen LogP contribution < -0.4 is 0 Å². The molecule has 4 nitrogen and oxygen atoms in total. The Morgan fingerprint density at radius 3 is 2.03 bits per heavy atom. The number of hydrogen-bond donors (Lipinski definition) is 0. The van der Waals surface area contributed by atoms with Crippen LogP contribution in [-0.4, -0.2) is 25.8 Å². The molecule has 3 aromatic rings. The molecule has 0 amide bonds. The first-order valence-electron chi connectivity index (χ1n) is 10.5. The van der Waals surface area contributed by atoms with Gasteiger partial charge in [0.15, 0.2) is 0 Å². The van der Waals surface area contributed by atoms with E-state index in [1.165, 1.54) is 22.3 Å². The summed E-state index contributed by atoms with van der Waals surface area (Å²) in [7, 11) is 0. The fourth-order valence-corrected chi connectivity index (χ4v) is 4.86. The molecule has 1 heterocycles. The van der Waals surface area contributed by atoms with Gasteiger partial charge in [0.2, 0.25) is 0 Å². The molecule has 0 bridgehead atoms. The first kappa shape index (κ1) is 20.3. The molecule has 0 saturated carbocycles. The Balaban J connectivity index is 1.47. The summed E-state index contributed by atoms with van der Waals surface area (Å²) in [6.45, 7) is 2.75. The minimum absolute atomic E-state index is 0.0691. The molecule has 31 heavy (non-hydrogen) atoms. The van der Waals surface area contributed by atoms with E-state index < -0.39 is 11.8 Å². The van der Waals surface area contributed by atoms with E-state index >= 15 is 0 Å². The highest BCUT2D eigenvalue weighted by atomic mass is 35.5. The third kappa shape index (κ3) is 3.35. The van der Waals surface area contributed by atoms with Gasteiger partial charge in [-0.05, 0) is 41.3 Å². The molecule has 0 atom stereocenters. The largest absolute Gasteiger partial charge is 0.462 e. The molecule has 0 N–H and O–H groups in total. The van der Waals surface area contributed by atoms with Crippen molar-refractivity contribution in [1.82, 2.24) is 0 Å². The summed E-state index contributed by atoms with van der Waals surface area (Å²) in [6.07, 6.45) is 0. The summed E-state index contributed by atoms with van der Waals surface area (Å²) in [6, 6.07) is 23.9. The van der Waals surface area contributed by atoms with Crippen molar-refractivity contribution in [2.45, 2.75) is 18.6 Å². The molecule has 158 valence electrons. The second-order valence-electron chi connectivity index (χ2n) is 7.88. The van der Waals surface area contributed by atoms with E-state index in [1.54, 1.807) is 31.2 Å². The highest BCUT2D eigenvalue weighted by Gasteiger charge is 2.50. The molecule has 1 aliphatic carbocycles. The smallest absolute Gasteiger partial charge is 0.372 e. The van der Waals surface area contributed by atoms with Crippen molar-refractivity contribution >= 4 is 17.6 Å².